The summed E-state index contributed by atoms with van der Waals surface area (Å²) in [6.07, 6.45) is 7.38. The van der Waals surface area contributed by atoms with E-state index in [2.05, 4.69) is 30.1 Å². The zero-order valence-corrected chi connectivity index (χ0v) is 11.2. The Kier molecular flexibility index (Phi) is 4.06. The van der Waals surface area contributed by atoms with Crippen LogP contribution in [-0.4, -0.2) is 35.6 Å². The molecule has 0 aromatic rings. The lowest BCUT2D eigenvalue weighted by Crippen LogP contribution is -2.45. The van der Waals surface area contributed by atoms with Gasteiger partial charge in [-0.15, -0.1) is 0 Å². The first kappa shape index (κ1) is 12.9. The van der Waals surface area contributed by atoms with E-state index in [0.29, 0.717) is 6.04 Å². The summed E-state index contributed by atoms with van der Waals surface area (Å²) in [5.74, 6) is 0. The van der Waals surface area contributed by atoms with Gasteiger partial charge in [0.2, 0.25) is 0 Å². The molecule has 3 heteroatoms. The van der Waals surface area contributed by atoms with Crippen molar-refractivity contribution in [3.05, 3.63) is 0 Å². The highest BCUT2D eigenvalue weighted by molar-refractivity contribution is 5.07. The molecule has 2 fully saturated rings. The van der Waals surface area contributed by atoms with Crippen molar-refractivity contribution in [2.24, 2.45) is 0 Å². The maximum atomic E-state index is 9.33. The average molecular weight is 235 g/mol. The topological polar surface area (TPSA) is 39.1 Å². The maximum absolute atomic E-state index is 9.33. The van der Waals surface area contributed by atoms with E-state index in [4.69, 9.17) is 0 Å². The van der Waals surface area contributed by atoms with Crippen molar-refractivity contribution in [2.75, 3.05) is 13.1 Å². The predicted molar refractivity (Wildman–Crippen MR) is 69.7 cm³/mol. The zero-order valence-electron chi connectivity index (χ0n) is 11.2. The van der Waals surface area contributed by atoms with Gasteiger partial charge in [-0.2, -0.15) is 5.26 Å². The molecular formula is C14H25N3. The summed E-state index contributed by atoms with van der Waals surface area (Å²) in [4.78, 5) is 2.57. The summed E-state index contributed by atoms with van der Waals surface area (Å²) in [7, 11) is 0. The molecule has 1 saturated heterocycles. The van der Waals surface area contributed by atoms with Crippen molar-refractivity contribution in [1.82, 2.24) is 10.2 Å². The molecule has 1 saturated carbocycles. The number of nitrogens with one attached hydrogen (secondary N) is 1. The molecule has 1 heterocycles. The van der Waals surface area contributed by atoms with E-state index in [-0.39, 0.29) is 5.54 Å². The van der Waals surface area contributed by atoms with E-state index in [1.165, 1.54) is 38.6 Å². The minimum Gasteiger partial charge on any atom is -0.300 e. The molecule has 3 nitrogen and oxygen atoms in total. The second-order valence-corrected chi connectivity index (χ2v) is 5.85. The molecule has 0 bridgehead atoms. The number of nitriles is 1. The third-order valence-electron chi connectivity index (χ3n) is 4.22. The van der Waals surface area contributed by atoms with Gasteiger partial charge in [0.25, 0.3) is 0 Å². The van der Waals surface area contributed by atoms with E-state index in [1.54, 1.807) is 0 Å². The molecular weight excluding hydrogens is 210 g/mol. The van der Waals surface area contributed by atoms with Crippen LogP contribution in [-0.2, 0) is 0 Å². The molecule has 0 amide bonds. The van der Waals surface area contributed by atoms with Crippen molar-refractivity contribution < 1.29 is 0 Å². The van der Waals surface area contributed by atoms with E-state index < -0.39 is 0 Å². The van der Waals surface area contributed by atoms with Gasteiger partial charge in [0, 0.05) is 18.6 Å². The molecule has 17 heavy (non-hydrogen) atoms. The van der Waals surface area contributed by atoms with Crippen molar-refractivity contribution in [1.29, 1.82) is 5.26 Å². The molecule has 1 aliphatic heterocycles. The predicted octanol–water partition coefficient (Wildman–Crippen LogP) is 2.29. The molecule has 0 aromatic heterocycles. The average Bonchev–Trinajstić information content (AvgIpc) is 3.01. The summed E-state index contributed by atoms with van der Waals surface area (Å²) < 4.78 is 0. The number of nitrogens with zero attached hydrogens (tertiary/aromatic N) is 2. The fourth-order valence-electron chi connectivity index (χ4n) is 2.86. The minimum absolute atomic E-state index is 0.317. The number of hydrogen-bond donors (Lipinski definition) is 1. The van der Waals surface area contributed by atoms with Crippen molar-refractivity contribution in [3.8, 4) is 6.07 Å². The van der Waals surface area contributed by atoms with Crippen molar-refractivity contribution in [2.45, 2.75) is 70.0 Å². The Morgan fingerprint density at radius 3 is 2.76 bits per heavy atom. The summed E-state index contributed by atoms with van der Waals surface area (Å²) in [6, 6.07) is 3.84. The van der Waals surface area contributed by atoms with Gasteiger partial charge in [-0.3, -0.25) is 5.32 Å². The van der Waals surface area contributed by atoms with Crippen LogP contribution in [0, 0.1) is 11.3 Å². The fourth-order valence-corrected chi connectivity index (χ4v) is 2.86. The van der Waals surface area contributed by atoms with Gasteiger partial charge in [0.05, 0.1) is 6.07 Å². The van der Waals surface area contributed by atoms with Crippen molar-refractivity contribution in [3.63, 3.8) is 0 Å². The molecule has 2 unspecified atom stereocenters. The van der Waals surface area contributed by atoms with Gasteiger partial charge in [0.15, 0.2) is 0 Å². The van der Waals surface area contributed by atoms with Gasteiger partial charge >= 0.3 is 0 Å². The van der Waals surface area contributed by atoms with Crippen LogP contribution in [0.15, 0.2) is 0 Å². The Hall–Kier alpha value is -0.590. The largest absolute Gasteiger partial charge is 0.300 e. The number of hydrogen-bond acceptors (Lipinski definition) is 3. The van der Waals surface area contributed by atoms with E-state index in [9.17, 15) is 5.26 Å². The first-order chi connectivity index (χ1) is 8.17. The first-order valence-corrected chi connectivity index (χ1v) is 7.10. The van der Waals surface area contributed by atoms with Gasteiger partial charge in [-0.25, -0.2) is 0 Å². The molecule has 2 aliphatic rings. The third-order valence-corrected chi connectivity index (χ3v) is 4.22. The van der Waals surface area contributed by atoms with Crippen LogP contribution >= 0.6 is 0 Å². The van der Waals surface area contributed by atoms with Crippen LogP contribution in [0.5, 0.6) is 0 Å². The van der Waals surface area contributed by atoms with Gasteiger partial charge < -0.3 is 4.90 Å². The molecule has 1 aliphatic carbocycles. The Morgan fingerprint density at radius 2 is 2.18 bits per heavy atom. The lowest BCUT2D eigenvalue weighted by Gasteiger charge is -2.29. The molecule has 0 spiro atoms. The lowest BCUT2D eigenvalue weighted by molar-refractivity contribution is 0.223. The standard InChI is InChI=1S/C14H25N3/c1-3-13-5-4-9-17(13)10-8-14(2,11-15)16-12-6-7-12/h12-13,16H,3-10H2,1-2H3. The van der Waals surface area contributed by atoms with Crippen LogP contribution in [0.3, 0.4) is 0 Å². The monoisotopic (exact) mass is 235 g/mol. The molecule has 2 rings (SSSR count). The van der Waals surface area contributed by atoms with Crippen LogP contribution in [0.25, 0.3) is 0 Å². The van der Waals surface area contributed by atoms with Crippen LogP contribution < -0.4 is 5.32 Å². The lowest BCUT2D eigenvalue weighted by atomic mass is 9.99. The summed E-state index contributed by atoms with van der Waals surface area (Å²) >= 11 is 0. The third kappa shape index (κ3) is 3.43. The maximum Gasteiger partial charge on any atom is 0.105 e. The normalized spacial score (nSPS) is 28.9. The molecule has 1 N–H and O–H groups in total. The highest BCUT2D eigenvalue weighted by Crippen LogP contribution is 2.25. The zero-order chi connectivity index (χ0) is 12.3. The summed E-state index contributed by atoms with van der Waals surface area (Å²) in [5.41, 5.74) is -0.317. The highest BCUT2D eigenvalue weighted by atomic mass is 15.2. The molecule has 0 aromatic carbocycles. The van der Waals surface area contributed by atoms with E-state index in [0.717, 1.165) is 19.0 Å². The second-order valence-electron chi connectivity index (χ2n) is 5.85. The first-order valence-electron chi connectivity index (χ1n) is 7.10. The van der Waals surface area contributed by atoms with E-state index >= 15 is 0 Å². The SMILES string of the molecule is CCC1CCCN1CCC(C)(C#N)NC1CC1. The summed E-state index contributed by atoms with van der Waals surface area (Å²) in [5, 5.41) is 12.8. The van der Waals surface area contributed by atoms with E-state index in [1.807, 2.05) is 0 Å². The number of likely N-dealkylation sites (tertiary alicyclic amines) is 1. The van der Waals surface area contributed by atoms with Gasteiger partial charge in [-0.05, 0) is 52.0 Å². The van der Waals surface area contributed by atoms with Crippen LogP contribution in [0.4, 0.5) is 0 Å². The molecule has 96 valence electrons. The van der Waals surface area contributed by atoms with Gasteiger partial charge in [0.1, 0.15) is 5.54 Å². The van der Waals surface area contributed by atoms with Crippen molar-refractivity contribution >= 4 is 0 Å². The Balaban J connectivity index is 1.80. The Labute approximate surface area is 105 Å². The Morgan fingerprint density at radius 1 is 1.41 bits per heavy atom. The molecule has 0 radical (unpaired) electrons. The highest BCUT2D eigenvalue weighted by Gasteiger charge is 2.33. The molecule has 2 atom stereocenters. The fraction of sp³-hybridized carbons (Fsp3) is 0.929. The summed E-state index contributed by atoms with van der Waals surface area (Å²) in [6.45, 7) is 6.63. The quantitative estimate of drug-likeness (QED) is 0.767. The van der Waals surface area contributed by atoms with Crippen LogP contribution in [0.1, 0.15) is 52.4 Å². The smallest absolute Gasteiger partial charge is 0.105 e. The Bertz CT molecular complexity index is 292. The minimum atomic E-state index is -0.317. The number of rotatable bonds is 6. The van der Waals surface area contributed by atoms with Gasteiger partial charge in [-0.1, -0.05) is 6.92 Å². The second kappa shape index (κ2) is 5.37. The van der Waals surface area contributed by atoms with Crippen LogP contribution in [0.2, 0.25) is 0 Å².